The number of fused-ring (bicyclic) bond motifs is 1. The molecule has 0 bridgehead atoms. The molecular weight excluding hydrogens is 970 g/mol. The van der Waals surface area contributed by atoms with Crippen LogP contribution in [0.4, 0.5) is 17.1 Å². The highest BCUT2D eigenvalue weighted by Crippen LogP contribution is 2.38. The zero-order valence-corrected chi connectivity index (χ0v) is 44.7. The van der Waals surface area contributed by atoms with Crippen molar-refractivity contribution in [1.82, 2.24) is 14.9 Å². The number of ether oxygens (including phenoxy) is 2. The number of nitrogens with zero attached hydrogens (tertiary/aromatic N) is 5. The number of nitrogens with one attached hydrogen (secondary N) is 2. The van der Waals surface area contributed by atoms with Crippen LogP contribution in [0.5, 0.6) is 17.2 Å². The highest BCUT2D eigenvalue weighted by Gasteiger charge is 2.35. The van der Waals surface area contributed by atoms with Crippen LogP contribution in [0.1, 0.15) is 144 Å². The molecule has 0 aliphatic carbocycles. The number of phenolic OH excluding ortho intramolecular Hbond substituents is 1. The normalized spacial score (nSPS) is 13.6. The second kappa shape index (κ2) is 23.4. The Kier molecular flexibility index (Phi) is 18.1. The number of anilines is 2. The quantitative estimate of drug-likeness (QED) is 0.0506. The summed E-state index contributed by atoms with van der Waals surface area (Å²) >= 11 is 12.4. The fourth-order valence-corrected chi connectivity index (χ4v) is 10.6. The van der Waals surface area contributed by atoms with E-state index in [0.717, 1.165) is 76.2 Å². The van der Waals surface area contributed by atoms with Crippen LogP contribution < -0.4 is 18.9 Å². The number of aromatic nitrogens is 3. The van der Waals surface area contributed by atoms with Crippen LogP contribution in [0.2, 0.25) is 10.0 Å². The molecule has 5 aromatic rings. The van der Waals surface area contributed by atoms with Crippen molar-refractivity contribution in [3.8, 4) is 28.6 Å². The maximum Gasteiger partial charge on any atom is 0.265 e. The predicted molar refractivity (Wildman–Crippen MR) is 283 cm³/mol. The molecule has 0 spiro atoms. The minimum absolute atomic E-state index is 0.0279. The zero-order valence-electron chi connectivity index (χ0n) is 41.5. The maximum atomic E-state index is 14.4. The Morgan fingerprint density at radius 1 is 0.643 bits per heavy atom. The van der Waals surface area contributed by atoms with E-state index in [-0.39, 0.29) is 60.5 Å². The average Bonchev–Trinajstić information content (AvgIpc) is 3.87. The van der Waals surface area contributed by atoms with Crippen LogP contribution in [0.25, 0.3) is 11.4 Å². The molecule has 0 atom stereocenters. The van der Waals surface area contributed by atoms with E-state index in [1.54, 1.807) is 42.5 Å². The molecule has 3 N–H and O–H groups in total. The van der Waals surface area contributed by atoms with Gasteiger partial charge in [0.1, 0.15) is 27.0 Å². The standard InChI is InChI=1S/C52H67Cl2N7O7S2/c1-9-11-13-15-17-19-29-67-42-27-26-38(60-69(63,64)44-28-23-36(51(3,4)5)31-43(44)68-30-20-18-16-14-12-10-2)34-45(42)70(65,66)59-37-24-21-35(22-25-37)49-56-50-46(48(52(6,7)8)57-61(50)58-49)55-39-32-40(53)47(62)41(54)33-39/h21-28,31-34,59-60,62H,9-20,29-30H2,1-8H3/b55-46-. The summed E-state index contributed by atoms with van der Waals surface area (Å²) in [5.41, 5.74) is 2.48. The van der Waals surface area contributed by atoms with Gasteiger partial charge in [0.25, 0.3) is 20.0 Å². The number of hydrogen-bond acceptors (Lipinski definition) is 11. The van der Waals surface area contributed by atoms with Gasteiger partial charge in [-0.05, 0) is 90.6 Å². The van der Waals surface area contributed by atoms with Crippen molar-refractivity contribution in [2.45, 2.75) is 148 Å². The van der Waals surface area contributed by atoms with Crippen LogP contribution in [0, 0.1) is 5.41 Å². The van der Waals surface area contributed by atoms with Crippen LogP contribution in [-0.2, 0) is 25.5 Å². The summed E-state index contributed by atoms with van der Waals surface area (Å²) in [5, 5.41) is 19.5. The second-order valence-corrected chi connectivity index (χ2v) is 23.8. The topological polar surface area (TPSA) is 186 Å². The molecule has 18 heteroatoms. The van der Waals surface area contributed by atoms with Gasteiger partial charge < -0.3 is 14.6 Å². The van der Waals surface area contributed by atoms with Crippen molar-refractivity contribution < 1.29 is 31.4 Å². The minimum atomic E-state index is -4.37. The van der Waals surface area contributed by atoms with Crippen molar-refractivity contribution in [3.05, 3.63) is 94.2 Å². The van der Waals surface area contributed by atoms with Gasteiger partial charge in [0.2, 0.25) is 5.82 Å². The van der Waals surface area contributed by atoms with E-state index in [1.807, 2.05) is 41.5 Å². The van der Waals surface area contributed by atoms with Crippen molar-refractivity contribution in [3.63, 3.8) is 0 Å². The van der Waals surface area contributed by atoms with Crippen molar-refractivity contribution in [2.75, 3.05) is 22.7 Å². The second-order valence-electron chi connectivity index (χ2n) is 19.7. The highest BCUT2D eigenvalue weighted by atomic mass is 35.5. The molecule has 6 rings (SSSR count). The van der Waals surface area contributed by atoms with E-state index in [9.17, 15) is 21.9 Å². The van der Waals surface area contributed by atoms with Crippen molar-refractivity contribution >= 4 is 71.7 Å². The van der Waals surface area contributed by atoms with E-state index in [0.29, 0.717) is 40.9 Å². The Bertz CT molecular complexity index is 2880. The van der Waals surface area contributed by atoms with E-state index < -0.39 is 25.5 Å². The number of unbranched alkanes of at least 4 members (excludes halogenated alkanes) is 10. The molecule has 0 radical (unpaired) electrons. The minimum Gasteiger partial charge on any atom is -0.505 e. The van der Waals surface area contributed by atoms with Crippen molar-refractivity contribution in [1.29, 1.82) is 0 Å². The molecule has 0 unspecified atom stereocenters. The monoisotopic (exact) mass is 1040 g/mol. The Hall–Kier alpha value is -5.16. The summed E-state index contributed by atoms with van der Waals surface area (Å²) in [6.45, 7) is 17.1. The Morgan fingerprint density at radius 3 is 1.77 bits per heavy atom. The van der Waals surface area contributed by atoms with Gasteiger partial charge in [-0.2, -0.15) is 5.10 Å². The third-order valence-corrected chi connectivity index (χ3v) is 15.1. The predicted octanol–water partition coefficient (Wildman–Crippen LogP) is 13.7. The third kappa shape index (κ3) is 14.0. The summed E-state index contributed by atoms with van der Waals surface area (Å²) in [4.78, 5) is 10.7. The molecule has 2 heterocycles. The summed E-state index contributed by atoms with van der Waals surface area (Å²) in [6, 6.07) is 18.8. The number of aromatic hydroxyl groups is 1. The largest absolute Gasteiger partial charge is 0.505 e. The molecule has 0 saturated heterocycles. The third-order valence-electron chi connectivity index (χ3n) is 11.7. The first kappa shape index (κ1) is 54.2. The molecule has 70 heavy (non-hydrogen) atoms. The Labute approximate surface area is 424 Å². The van der Waals surface area contributed by atoms with E-state index in [1.165, 1.54) is 41.5 Å². The van der Waals surface area contributed by atoms with E-state index in [2.05, 4.69) is 28.4 Å². The highest BCUT2D eigenvalue weighted by molar-refractivity contribution is 7.93. The molecular formula is C52H67Cl2N7O7S2. The van der Waals surface area contributed by atoms with Crippen molar-refractivity contribution in [2.24, 2.45) is 15.5 Å². The summed E-state index contributed by atoms with van der Waals surface area (Å²) in [7, 11) is -8.65. The number of halogens is 2. The summed E-state index contributed by atoms with van der Waals surface area (Å²) < 4.78 is 74.7. The number of phenols is 1. The van der Waals surface area contributed by atoms with Gasteiger partial charge in [0, 0.05) is 16.7 Å². The molecule has 0 fully saturated rings. The van der Waals surface area contributed by atoms with Gasteiger partial charge in [-0.15, -0.1) is 9.89 Å². The van der Waals surface area contributed by atoms with Gasteiger partial charge in [0.05, 0.1) is 40.3 Å². The lowest BCUT2D eigenvalue weighted by Crippen LogP contribution is -2.27. The Balaban J connectivity index is 1.26. The SMILES string of the molecule is CCCCCCCCOc1cc(C(C)(C)C)ccc1S(=O)(=O)Nc1ccc(OCCCCCCCC)c(S(=O)(=O)Nc2ccc(-c3nc4n(n3)N=C(C(C)(C)C)/C4=N/c3cc(Cl)c(O)c(Cl)c3)cc2)c1. The number of aliphatic imine (C=N–C) groups is 1. The van der Waals surface area contributed by atoms with Gasteiger partial charge in [-0.25, -0.2) is 26.8 Å². The molecule has 378 valence electrons. The molecule has 0 amide bonds. The van der Waals surface area contributed by atoms with Crippen LogP contribution in [0.15, 0.2) is 92.7 Å². The lowest BCUT2D eigenvalue weighted by atomic mass is 9.87. The van der Waals surface area contributed by atoms with Gasteiger partial charge in [0.15, 0.2) is 11.6 Å². The molecule has 1 aliphatic heterocycles. The fraction of sp³-hybridized carbons (Fsp3) is 0.462. The molecule has 14 nitrogen and oxygen atoms in total. The number of benzene rings is 4. The van der Waals surface area contributed by atoms with E-state index >= 15 is 0 Å². The number of sulfonamides is 2. The van der Waals surface area contributed by atoms with E-state index in [4.69, 9.17) is 47.8 Å². The molecule has 0 saturated carbocycles. The number of rotatable bonds is 24. The lowest BCUT2D eigenvalue weighted by molar-refractivity contribution is 0.296. The van der Waals surface area contributed by atoms with Gasteiger partial charge in [-0.1, -0.05) is 149 Å². The lowest BCUT2D eigenvalue weighted by Gasteiger charge is -2.22. The van der Waals surface area contributed by atoms with Crippen LogP contribution in [-0.4, -0.2) is 61.5 Å². The molecule has 4 aromatic carbocycles. The van der Waals surface area contributed by atoms with Crippen LogP contribution in [0.3, 0.4) is 0 Å². The first-order chi connectivity index (χ1) is 33.1. The smallest absolute Gasteiger partial charge is 0.265 e. The fourth-order valence-electron chi connectivity index (χ4n) is 7.69. The maximum absolute atomic E-state index is 14.4. The summed E-state index contributed by atoms with van der Waals surface area (Å²) in [6.07, 6.45) is 12.4. The molecule has 1 aliphatic rings. The summed E-state index contributed by atoms with van der Waals surface area (Å²) in [5.74, 6) is 0.753. The van der Waals surface area contributed by atoms with Gasteiger partial charge in [-0.3, -0.25) is 9.44 Å². The Morgan fingerprint density at radius 2 is 1.19 bits per heavy atom. The van der Waals surface area contributed by atoms with Crippen LogP contribution >= 0.6 is 23.2 Å². The zero-order chi connectivity index (χ0) is 50.9. The van der Waals surface area contributed by atoms with Gasteiger partial charge >= 0.3 is 0 Å². The number of hydrogen-bond donors (Lipinski definition) is 3. The average molecular weight is 1040 g/mol. The first-order valence-corrected chi connectivity index (χ1v) is 27.9. The first-order valence-electron chi connectivity index (χ1n) is 24.2. The molecule has 1 aromatic heterocycles.